The standard InChI is InChI=1S/C17H20N3O5/c1-24-13-9-11(19-16(23)17(15(18)22)5-2-6-17)3-4-12(13)20-7-8-25-10-14(20)21/h3-4,9,18H,2,5-8,10H2,1H3,(H,19,23). The fourth-order valence-corrected chi connectivity index (χ4v) is 3.09. The van der Waals surface area contributed by atoms with Gasteiger partial charge in [0.1, 0.15) is 17.8 Å². The second-order valence-corrected chi connectivity index (χ2v) is 6.20. The number of rotatable bonds is 5. The molecule has 3 amide bonds. The molecule has 1 aliphatic heterocycles. The fourth-order valence-electron chi connectivity index (χ4n) is 3.09. The molecule has 2 fully saturated rings. The minimum absolute atomic E-state index is 0.0236. The summed E-state index contributed by atoms with van der Waals surface area (Å²) in [6, 6.07) is 4.95. The van der Waals surface area contributed by atoms with Crippen molar-refractivity contribution in [2.45, 2.75) is 19.3 Å². The van der Waals surface area contributed by atoms with Gasteiger partial charge in [-0.05, 0) is 25.0 Å². The SMILES string of the molecule is COc1cc(NC(=O)C2(C([NH])=O)CCC2)ccc1N1CCOCC1=O. The zero-order chi connectivity index (χ0) is 18.0. The molecule has 1 aromatic rings. The van der Waals surface area contributed by atoms with Crippen LogP contribution in [0.1, 0.15) is 19.3 Å². The molecule has 1 saturated carbocycles. The van der Waals surface area contributed by atoms with Crippen LogP contribution in [0.25, 0.3) is 0 Å². The molecule has 1 aliphatic carbocycles. The van der Waals surface area contributed by atoms with Gasteiger partial charge in [-0.15, -0.1) is 0 Å². The van der Waals surface area contributed by atoms with E-state index in [4.69, 9.17) is 15.2 Å². The van der Waals surface area contributed by atoms with Crippen LogP contribution < -0.4 is 20.7 Å². The van der Waals surface area contributed by atoms with E-state index < -0.39 is 17.2 Å². The van der Waals surface area contributed by atoms with Crippen molar-refractivity contribution in [3.63, 3.8) is 0 Å². The Bertz CT molecular complexity index is 714. The Morgan fingerprint density at radius 2 is 2.12 bits per heavy atom. The monoisotopic (exact) mass is 346 g/mol. The van der Waals surface area contributed by atoms with Gasteiger partial charge in [0.2, 0.25) is 5.91 Å². The number of nitrogens with zero attached hydrogens (tertiary/aromatic N) is 1. The van der Waals surface area contributed by atoms with Gasteiger partial charge in [0, 0.05) is 18.3 Å². The van der Waals surface area contributed by atoms with Gasteiger partial charge in [-0.25, -0.2) is 0 Å². The minimum atomic E-state index is -1.23. The second kappa shape index (κ2) is 6.72. The third kappa shape index (κ3) is 3.05. The molecular formula is C17H20N3O5. The molecule has 1 radical (unpaired) electrons. The zero-order valence-corrected chi connectivity index (χ0v) is 14.0. The number of anilines is 2. The lowest BCUT2D eigenvalue weighted by Gasteiger charge is -2.36. The Morgan fingerprint density at radius 1 is 1.36 bits per heavy atom. The van der Waals surface area contributed by atoms with Crippen molar-refractivity contribution in [1.82, 2.24) is 5.73 Å². The number of morpholine rings is 1. The van der Waals surface area contributed by atoms with Gasteiger partial charge in [0.15, 0.2) is 0 Å². The molecule has 0 atom stereocenters. The maximum atomic E-state index is 12.4. The first-order valence-corrected chi connectivity index (χ1v) is 8.11. The summed E-state index contributed by atoms with van der Waals surface area (Å²) in [7, 11) is 1.48. The third-order valence-electron chi connectivity index (χ3n) is 4.79. The van der Waals surface area contributed by atoms with Gasteiger partial charge in [-0.1, -0.05) is 6.42 Å². The van der Waals surface area contributed by atoms with Crippen LogP contribution in [-0.2, 0) is 19.1 Å². The van der Waals surface area contributed by atoms with Gasteiger partial charge >= 0.3 is 0 Å². The normalized spacial score (nSPS) is 19.1. The molecule has 1 aromatic carbocycles. The summed E-state index contributed by atoms with van der Waals surface area (Å²) in [5, 5.41) is 2.69. The van der Waals surface area contributed by atoms with Crippen LogP contribution in [0.4, 0.5) is 11.4 Å². The molecular weight excluding hydrogens is 326 g/mol. The van der Waals surface area contributed by atoms with Crippen LogP contribution in [0.5, 0.6) is 5.75 Å². The van der Waals surface area contributed by atoms with Gasteiger partial charge in [-0.2, -0.15) is 0 Å². The maximum Gasteiger partial charge on any atom is 0.254 e. The first-order chi connectivity index (χ1) is 12.0. The van der Waals surface area contributed by atoms with Gasteiger partial charge in [0.05, 0.1) is 19.4 Å². The highest BCUT2D eigenvalue weighted by Crippen LogP contribution is 2.42. The average Bonchev–Trinajstić information content (AvgIpc) is 2.54. The number of carbonyl (C=O) groups is 3. The molecule has 8 nitrogen and oxygen atoms in total. The Balaban J connectivity index is 1.81. The highest BCUT2D eigenvalue weighted by molar-refractivity contribution is 6.10. The van der Waals surface area contributed by atoms with E-state index in [1.165, 1.54) is 7.11 Å². The summed E-state index contributed by atoms with van der Waals surface area (Å²) >= 11 is 0. The van der Waals surface area contributed by atoms with Crippen LogP contribution in [0.15, 0.2) is 18.2 Å². The van der Waals surface area contributed by atoms with Crippen molar-refractivity contribution in [2.24, 2.45) is 5.41 Å². The molecule has 3 rings (SSSR count). The van der Waals surface area contributed by atoms with Crippen molar-refractivity contribution >= 4 is 29.1 Å². The van der Waals surface area contributed by atoms with Crippen LogP contribution in [0, 0.1) is 5.41 Å². The van der Waals surface area contributed by atoms with Crippen LogP contribution >= 0.6 is 0 Å². The molecule has 133 valence electrons. The van der Waals surface area contributed by atoms with Crippen molar-refractivity contribution < 1.29 is 23.9 Å². The summed E-state index contributed by atoms with van der Waals surface area (Å²) in [6.07, 6.45) is 1.57. The third-order valence-corrected chi connectivity index (χ3v) is 4.79. The number of ether oxygens (including phenoxy) is 2. The Kier molecular flexibility index (Phi) is 4.63. The molecule has 8 heteroatoms. The number of nitrogens with one attached hydrogen (secondary N) is 2. The Morgan fingerprint density at radius 3 is 2.68 bits per heavy atom. The molecule has 0 spiro atoms. The second-order valence-electron chi connectivity index (χ2n) is 6.20. The van der Waals surface area contributed by atoms with E-state index in [9.17, 15) is 14.4 Å². The van der Waals surface area contributed by atoms with Crippen LogP contribution in [-0.4, -0.2) is 44.6 Å². The van der Waals surface area contributed by atoms with E-state index >= 15 is 0 Å². The lowest BCUT2D eigenvalue weighted by atomic mass is 9.67. The average molecular weight is 346 g/mol. The highest BCUT2D eigenvalue weighted by Gasteiger charge is 2.50. The lowest BCUT2D eigenvalue weighted by Crippen LogP contribution is -2.48. The first kappa shape index (κ1) is 17.2. The number of amides is 3. The smallest absolute Gasteiger partial charge is 0.254 e. The summed E-state index contributed by atoms with van der Waals surface area (Å²) in [4.78, 5) is 37.5. The summed E-state index contributed by atoms with van der Waals surface area (Å²) in [5.74, 6) is -1.03. The molecule has 25 heavy (non-hydrogen) atoms. The number of hydrogen-bond acceptors (Lipinski definition) is 5. The minimum Gasteiger partial charge on any atom is -0.494 e. The van der Waals surface area contributed by atoms with Gasteiger partial charge in [-0.3, -0.25) is 20.1 Å². The molecule has 0 unspecified atom stereocenters. The summed E-state index contributed by atoms with van der Waals surface area (Å²) in [6.45, 7) is 0.897. The molecule has 2 aliphatic rings. The van der Waals surface area contributed by atoms with E-state index in [0.29, 0.717) is 43.1 Å². The predicted molar refractivity (Wildman–Crippen MR) is 89.2 cm³/mol. The summed E-state index contributed by atoms with van der Waals surface area (Å²) in [5.41, 5.74) is 7.20. The van der Waals surface area contributed by atoms with Crippen molar-refractivity contribution in [2.75, 3.05) is 37.1 Å². The van der Waals surface area contributed by atoms with E-state index in [-0.39, 0.29) is 12.5 Å². The van der Waals surface area contributed by atoms with E-state index in [0.717, 1.165) is 6.42 Å². The molecule has 1 saturated heterocycles. The van der Waals surface area contributed by atoms with Crippen LogP contribution in [0.2, 0.25) is 0 Å². The number of hydrogen-bond donors (Lipinski definition) is 1. The van der Waals surface area contributed by atoms with Crippen molar-refractivity contribution in [3.05, 3.63) is 18.2 Å². The van der Waals surface area contributed by atoms with Crippen molar-refractivity contribution in [3.8, 4) is 5.75 Å². The van der Waals surface area contributed by atoms with Gasteiger partial charge < -0.3 is 19.7 Å². The van der Waals surface area contributed by atoms with E-state index in [1.54, 1.807) is 23.1 Å². The topological polar surface area (TPSA) is 109 Å². The molecule has 0 aromatic heterocycles. The summed E-state index contributed by atoms with van der Waals surface area (Å²) < 4.78 is 10.5. The number of benzene rings is 1. The lowest BCUT2D eigenvalue weighted by molar-refractivity contribution is -0.144. The zero-order valence-electron chi connectivity index (χ0n) is 14.0. The molecule has 0 bridgehead atoms. The molecule has 1 heterocycles. The van der Waals surface area contributed by atoms with E-state index in [1.807, 2.05) is 0 Å². The van der Waals surface area contributed by atoms with Gasteiger partial charge in [0.25, 0.3) is 11.8 Å². The Labute approximate surface area is 145 Å². The van der Waals surface area contributed by atoms with Crippen LogP contribution in [0.3, 0.4) is 0 Å². The predicted octanol–water partition coefficient (Wildman–Crippen LogP) is 0.977. The first-order valence-electron chi connectivity index (χ1n) is 8.11. The molecule has 2 N–H and O–H groups in total. The number of carbonyl (C=O) groups excluding carboxylic acids is 3. The number of methoxy groups -OCH3 is 1. The fraction of sp³-hybridized carbons (Fsp3) is 0.471. The maximum absolute atomic E-state index is 12.4. The highest BCUT2D eigenvalue weighted by atomic mass is 16.5. The van der Waals surface area contributed by atoms with Crippen molar-refractivity contribution in [1.29, 1.82) is 0 Å². The van der Waals surface area contributed by atoms with E-state index in [2.05, 4.69) is 5.32 Å². The largest absolute Gasteiger partial charge is 0.494 e. The quantitative estimate of drug-likeness (QED) is 0.799. The Hall–Kier alpha value is -2.61.